The van der Waals surface area contributed by atoms with Crippen LogP contribution in [0, 0.1) is 11.3 Å². The lowest BCUT2D eigenvalue weighted by Crippen LogP contribution is -2.21. The molecule has 0 aliphatic heterocycles. The molecule has 1 aromatic heterocycles. The van der Waals surface area contributed by atoms with Crippen molar-refractivity contribution in [1.82, 2.24) is 15.5 Å². The van der Waals surface area contributed by atoms with Crippen LogP contribution in [0.1, 0.15) is 15.4 Å². The number of rotatable bonds is 5. The lowest BCUT2D eigenvalue weighted by Gasteiger charge is -2.14. The number of carbonyl (C=O) groups excluding carboxylic acids is 1. The predicted molar refractivity (Wildman–Crippen MR) is 85.8 cm³/mol. The molecule has 2 aromatic rings. The fourth-order valence-corrected chi connectivity index (χ4v) is 2.06. The van der Waals surface area contributed by atoms with Gasteiger partial charge in [0.2, 0.25) is 5.91 Å². The van der Waals surface area contributed by atoms with Crippen LogP contribution < -0.4 is 15.4 Å². The van der Waals surface area contributed by atoms with E-state index in [1.165, 1.54) is 13.2 Å². The summed E-state index contributed by atoms with van der Waals surface area (Å²) in [6, 6.07) is 8.36. The molecular weight excluding hydrogens is 318 g/mol. The van der Waals surface area contributed by atoms with Crippen LogP contribution >= 0.6 is 11.6 Å². The minimum Gasteiger partial charge on any atom is -0.493 e. The maximum atomic E-state index is 11.9. The first-order valence-electron chi connectivity index (χ1n) is 7.90. The van der Waals surface area contributed by atoms with Gasteiger partial charge in [0.25, 0.3) is 0 Å². The van der Waals surface area contributed by atoms with Gasteiger partial charge in [0.15, 0.2) is 10.9 Å². The molecule has 0 spiro atoms. The maximum Gasteiger partial charge on any atom is 0.225 e. The van der Waals surface area contributed by atoms with Crippen LogP contribution in [0.2, 0.25) is 5.15 Å². The van der Waals surface area contributed by atoms with Crippen molar-refractivity contribution in [2.24, 2.45) is 0 Å². The van der Waals surface area contributed by atoms with Gasteiger partial charge in [-0.05, 0) is 12.1 Å². The van der Waals surface area contributed by atoms with E-state index in [1.807, 2.05) is 11.4 Å². The molecular formula is C15H14ClN5O2. The molecule has 1 amide bonds. The third kappa shape index (κ3) is 3.87. The zero-order chi connectivity index (χ0) is 19.3. The fourth-order valence-electron chi connectivity index (χ4n) is 1.92. The predicted octanol–water partition coefficient (Wildman–Crippen LogP) is 2.04. The summed E-state index contributed by atoms with van der Waals surface area (Å²) in [5.74, 6) is -0.441. The van der Waals surface area contributed by atoms with Crippen LogP contribution in [0.25, 0.3) is 0 Å². The van der Waals surface area contributed by atoms with Crippen LogP contribution in [-0.4, -0.2) is 30.2 Å². The van der Waals surface area contributed by atoms with Gasteiger partial charge >= 0.3 is 0 Å². The molecule has 0 radical (unpaired) electrons. The van der Waals surface area contributed by atoms with Crippen molar-refractivity contribution in [3.05, 3.63) is 40.7 Å². The summed E-state index contributed by atoms with van der Waals surface area (Å²) in [6.07, 6.45) is -0.328. The number of para-hydroxylation sites is 1. The van der Waals surface area contributed by atoms with Gasteiger partial charge in [0.1, 0.15) is 6.07 Å². The molecule has 2 N–H and O–H groups in total. The van der Waals surface area contributed by atoms with Crippen molar-refractivity contribution >= 4 is 28.9 Å². The quantitative estimate of drug-likeness (QED) is 0.868. The molecule has 1 aromatic carbocycles. The third-order valence-corrected chi connectivity index (χ3v) is 3.10. The molecule has 23 heavy (non-hydrogen) atoms. The molecule has 1 heterocycles. The Morgan fingerprint density at radius 3 is 3.00 bits per heavy atom. The first kappa shape index (κ1) is 12.7. The van der Waals surface area contributed by atoms with Gasteiger partial charge < -0.3 is 15.4 Å². The number of nitrogens with one attached hydrogen (secondary N) is 2. The maximum absolute atomic E-state index is 11.9. The highest BCUT2D eigenvalue weighted by atomic mass is 35.5. The van der Waals surface area contributed by atoms with E-state index in [9.17, 15) is 4.79 Å². The van der Waals surface area contributed by atoms with Crippen LogP contribution in [0.4, 0.5) is 11.4 Å². The smallest absolute Gasteiger partial charge is 0.225 e. The Morgan fingerprint density at radius 1 is 1.48 bits per heavy atom. The number of ether oxygens (including phenoxy) is 1. The zero-order valence-corrected chi connectivity index (χ0v) is 12.8. The lowest BCUT2D eigenvalue weighted by molar-refractivity contribution is -0.120. The van der Waals surface area contributed by atoms with Crippen LogP contribution in [0.5, 0.6) is 5.75 Å². The van der Waals surface area contributed by atoms with E-state index >= 15 is 0 Å². The minimum atomic E-state index is -2.60. The summed E-state index contributed by atoms with van der Waals surface area (Å²) < 4.78 is 26.5. The molecule has 118 valence electrons. The number of methoxy groups -OCH3 is 1. The lowest BCUT2D eigenvalue weighted by atomic mass is 10.1. The van der Waals surface area contributed by atoms with Gasteiger partial charge in [-0.3, -0.25) is 4.79 Å². The van der Waals surface area contributed by atoms with Gasteiger partial charge in [-0.1, -0.05) is 17.7 Å². The summed E-state index contributed by atoms with van der Waals surface area (Å²) in [7, 11) is 1.42. The second-order valence-electron chi connectivity index (χ2n) is 4.38. The van der Waals surface area contributed by atoms with Crippen LogP contribution in [0.3, 0.4) is 0 Å². The number of likely N-dealkylation sites (N-methyl/N-ethyl adjacent to an activating group) is 1. The zero-order valence-electron chi connectivity index (χ0n) is 15.1. The molecule has 0 unspecified atom stereocenters. The highest BCUT2D eigenvalue weighted by molar-refractivity contribution is 6.29. The normalized spacial score (nSPS) is 12.3. The van der Waals surface area contributed by atoms with Crippen LogP contribution in [0.15, 0.2) is 24.3 Å². The number of nitriles is 1. The van der Waals surface area contributed by atoms with Crippen LogP contribution in [-0.2, 0) is 11.2 Å². The van der Waals surface area contributed by atoms with Crippen molar-refractivity contribution in [1.29, 1.82) is 5.26 Å². The highest BCUT2D eigenvalue weighted by Crippen LogP contribution is 2.32. The average Bonchev–Trinajstić information content (AvgIpc) is 2.55. The molecule has 8 heteroatoms. The van der Waals surface area contributed by atoms with Gasteiger partial charge in [-0.15, -0.1) is 5.10 Å². The monoisotopic (exact) mass is 334 g/mol. The number of hydrogen-bond acceptors (Lipinski definition) is 6. The van der Waals surface area contributed by atoms with Crippen molar-refractivity contribution in [3.8, 4) is 11.8 Å². The van der Waals surface area contributed by atoms with Gasteiger partial charge in [-0.2, -0.15) is 10.4 Å². The summed E-state index contributed by atoms with van der Waals surface area (Å²) in [4.78, 5) is 11.9. The molecule has 0 aliphatic rings. The van der Waals surface area contributed by atoms with Gasteiger partial charge in [0.05, 0.1) is 36.2 Å². The van der Waals surface area contributed by atoms with E-state index < -0.39 is 12.9 Å². The Balaban J connectivity index is 2.35. The SMILES string of the molecule is [2H]C([2H])([2H])NC(=O)Cc1nnc(Cl)cc1Nc1cccc(C#N)c1OC. The summed E-state index contributed by atoms with van der Waals surface area (Å²) in [6.45, 7) is -2.60. The van der Waals surface area contributed by atoms with E-state index in [2.05, 4.69) is 15.5 Å². The molecule has 0 saturated heterocycles. The average molecular weight is 335 g/mol. The Labute approximate surface area is 142 Å². The number of hydrogen-bond donors (Lipinski definition) is 2. The fraction of sp³-hybridized carbons (Fsp3) is 0.200. The number of carbonyl (C=O) groups is 1. The van der Waals surface area contributed by atoms with Crippen molar-refractivity contribution in [3.63, 3.8) is 0 Å². The number of nitrogens with zero attached hydrogens (tertiary/aromatic N) is 3. The number of halogens is 1. The Bertz CT molecular complexity index is 867. The number of anilines is 2. The number of aromatic nitrogens is 2. The van der Waals surface area contributed by atoms with Crippen molar-refractivity contribution in [2.75, 3.05) is 19.4 Å². The minimum absolute atomic E-state index is 0.0721. The standard InChI is InChI=1S/C15H14ClN5O2/c1-18-14(22)7-12-11(6-13(16)21-20-12)19-10-5-3-4-9(8-17)15(10)23-2/h3-6H,7H2,1-2H3,(H,18,22)(H,19,21)/i1D3. The number of amides is 1. The van der Waals surface area contributed by atoms with Gasteiger partial charge in [-0.25, -0.2) is 0 Å². The highest BCUT2D eigenvalue weighted by Gasteiger charge is 2.14. The molecule has 0 aliphatic carbocycles. The summed E-state index contributed by atoms with van der Waals surface area (Å²) in [5.41, 5.74) is 1.28. The van der Waals surface area contributed by atoms with Gasteiger partial charge in [0, 0.05) is 17.2 Å². The summed E-state index contributed by atoms with van der Waals surface area (Å²) >= 11 is 5.87. The van der Waals surface area contributed by atoms with E-state index in [4.69, 9.17) is 25.7 Å². The molecule has 0 bridgehead atoms. The Hall–Kier alpha value is -2.85. The second-order valence-corrected chi connectivity index (χ2v) is 4.76. The Kier molecular flexibility index (Phi) is 4.09. The first-order chi connectivity index (χ1) is 12.2. The Morgan fingerprint density at radius 2 is 2.30 bits per heavy atom. The van der Waals surface area contributed by atoms with E-state index in [0.717, 1.165) is 0 Å². The van der Waals surface area contributed by atoms with E-state index in [-0.39, 0.29) is 17.3 Å². The molecule has 2 rings (SSSR count). The first-order valence-corrected chi connectivity index (χ1v) is 6.78. The third-order valence-electron chi connectivity index (χ3n) is 2.92. The molecule has 7 nitrogen and oxygen atoms in total. The largest absolute Gasteiger partial charge is 0.493 e. The topological polar surface area (TPSA) is 99.9 Å². The molecule has 0 fully saturated rings. The van der Waals surface area contributed by atoms with Crippen molar-refractivity contribution in [2.45, 2.75) is 6.42 Å². The van der Waals surface area contributed by atoms with E-state index in [0.29, 0.717) is 22.7 Å². The van der Waals surface area contributed by atoms with Crippen molar-refractivity contribution < 1.29 is 13.6 Å². The number of benzene rings is 1. The molecule has 0 atom stereocenters. The molecule has 0 saturated carbocycles. The second kappa shape index (κ2) is 7.42. The summed E-state index contributed by atoms with van der Waals surface area (Å²) in [5, 5.41) is 21.6. The van der Waals surface area contributed by atoms with E-state index in [1.54, 1.807) is 18.2 Å².